The van der Waals surface area contributed by atoms with E-state index in [1.54, 1.807) is 48.5 Å². The number of rotatable bonds is 0. The van der Waals surface area contributed by atoms with Crippen molar-refractivity contribution >= 4 is 0 Å². The summed E-state index contributed by atoms with van der Waals surface area (Å²) in [6.07, 6.45) is 0. The summed E-state index contributed by atoms with van der Waals surface area (Å²) in [6.45, 7) is 0. The Morgan fingerprint density at radius 2 is 0.750 bits per heavy atom. The molecular weight excluding hydrogens is 190 g/mol. The molecular formula is C12H12Li2O2+2. The summed E-state index contributed by atoms with van der Waals surface area (Å²) < 4.78 is 0. The zero-order valence-electron chi connectivity index (χ0n) is 9.67. The van der Waals surface area contributed by atoms with Crippen molar-refractivity contribution in [3.8, 4) is 11.5 Å². The van der Waals surface area contributed by atoms with Gasteiger partial charge in [0.2, 0.25) is 0 Å². The monoisotopic (exact) mass is 202 g/mol. The van der Waals surface area contributed by atoms with Gasteiger partial charge in [-0.05, 0) is 24.3 Å². The predicted octanol–water partition coefficient (Wildman–Crippen LogP) is -3.21. The van der Waals surface area contributed by atoms with Crippen LogP contribution in [0.15, 0.2) is 60.7 Å². The summed E-state index contributed by atoms with van der Waals surface area (Å²) in [5, 5.41) is 17.3. The van der Waals surface area contributed by atoms with Crippen LogP contribution < -0.4 is 37.7 Å². The molecule has 72 valence electrons. The number of phenolic OH excluding ortho intramolecular Hbond substituents is 2. The fraction of sp³-hybridized carbons (Fsp3) is 0. The Balaban J connectivity index is 0. The van der Waals surface area contributed by atoms with Gasteiger partial charge in [0, 0.05) is 0 Å². The van der Waals surface area contributed by atoms with Crippen LogP contribution in [0.5, 0.6) is 11.5 Å². The molecule has 2 N–H and O–H groups in total. The van der Waals surface area contributed by atoms with Gasteiger partial charge in [-0.2, -0.15) is 0 Å². The van der Waals surface area contributed by atoms with Gasteiger partial charge in [0.15, 0.2) is 0 Å². The van der Waals surface area contributed by atoms with E-state index in [9.17, 15) is 0 Å². The molecule has 0 aliphatic carbocycles. The van der Waals surface area contributed by atoms with Crippen molar-refractivity contribution < 1.29 is 47.9 Å². The van der Waals surface area contributed by atoms with E-state index < -0.39 is 0 Å². The Bertz CT molecular complexity index is 314. The molecule has 0 saturated carbocycles. The van der Waals surface area contributed by atoms with Crippen LogP contribution in [0.25, 0.3) is 0 Å². The normalized spacial score (nSPS) is 7.50. The molecule has 0 radical (unpaired) electrons. The van der Waals surface area contributed by atoms with Crippen LogP contribution in [0.2, 0.25) is 0 Å². The van der Waals surface area contributed by atoms with Gasteiger partial charge in [0.05, 0.1) is 0 Å². The second-order valence-corrected chi connectivity index (χ2v) is 2.67. The van der Waals surface area contributed by atoms with Crippen molar-refractivity contribution in [3.05, 3.63) is 60.7 Å². The molecule has 0 spiro atoms. The molecule has 2 aromatic rings. The van der Waals surface area contributed by atoms with Gasteiger partial charge in [0.1, 0.15) is 11.5 Å². The van der Waals surface area contributed by atoms with Crippen LogP contribution in [0, 0.1) is 0 Å². The van der Waals surface area contributed by atoms with Crippen molar-refractivity contribution in [2.75, 3.05) is 0 Å². The second kappa shape index (κ2) is 10.7. The fourth-order valence-corrected chi connectivity index (χ4v) is 0.856. The largest absolute Gasteiger partial charge is 1.00 e. The summed E-state index contributed by atoms with van der Waals surface area (Å²) >= 11 is 0. The molecule has 0 bridgehead atoms. The molecule has 0 atom stereocenters. The van der Waals surface area contributed by atoms with Gasteiger partial charge in [-0.3, -0.25) is 0 Å². The Morgan fingerprint density at radius 1 is 0.500 bits per heavy atom. The number of phenols is 2. The number of para-hydroxylation sites is 2. The van der Waals surface area contributed by atoms with E-state index in [2.05, 4.69) is 0 Å². The second-order valence-electron chi connectivity index (χ2n) is 2.67. The van der Waals surface area contributed by atoms with Gasteiger partial charge < -0.3 is 10.2 Å². The Kier molecular flexibility index (Phi) is 11.8. The quantitative estimate of drug-likeness (QED) is 0.441. The maximum absolute atomic E-state index is 8.63. The SMILES string of the molecule is Oc1ccccc1.Oc1ccccc1.[Li+].[Li+]. The molecule has 4 heteroatoms. The van der Waals surface area contributed by atoms with Crippen molar-refractivity contribution in [3.63, 3.8) is 0 Å². The third kappa shape index (κ3) is 8.54. The summed E-state index contributed by atoms with van der Waals surface area (Å²) in [5.74, 6) is 0.644. The van der Waals surface area contributed by atoms with Gasteiger partial charge >= 0.3 is 37.7 Å². The zero-order chi connectivity index (χ0) is 10.2. The van der Waals surface area contributed by atoms with Crippen LogP contribution in [0.3, 0.4) is 0 Å². The van der Waals surface area contributed by atoms with Crippen molar-refractivity contribution in [1.29, 1.82) is 0 Å². The summed E-state index contributed by atoms with van der Waals surface area (Å²) in [5.41, 5.74) is 0. The molecule has 0 aromatic heterocycles. The maximum Gasteiger partial charge on any atom is 1.00 e. The van der Waals surface area contributed by atoms with Crippen LogP contribution in [-0.4, -0.2) is 10.2 Å². The van der Waals surface area contributed by atoms with E-state index >= 15 is 0 Å². The van der Waals surface area contributed by atoms with Crippen LogP contribution in [0.1, 0.15) is 0 Å². The molecule has 0 amide bonds. The number of hydrogen-bond acceptors (Lipinski definition) is 2. The first-order valence-corrected chi connectivity index (χ1v) is 4.27. The molecule has 0 saturated heterocycles. The fourth-order valence-electron chi connectivity index (χ4n) is 0.856. The Morgan fingerprint density at radius 3 is 0.875 bits per heavy atom. The summed E-state index contributed by atoms with van der Waals surface area (Å²) in [6, 6.07) is 17.4. The predicted molar refractivity (Wildman–Crippen MR) is 56.2 cm³/mol. The minimum atomic E-state index is 0. The minimum absolute atomic E-state index is 0. The molecule has 0 unspecified atom stereocenters. The van der Waals surface area contributed by atoms with Crippen LogP contribution in [-0.2, 0) is 0 Å². The van der Waals surface area contributed by atoms with Gasteiger partial charge in [-0.15, -0.1) is 0 Å². The molecule has 2 rings (SSSR count). The molecule has 0 fully saturated rings. The standard InChI is InChI=1S/2C6H6O.2Li/c2*7-6-4-2-1-3-5-6;;/h2*1-5,7H;;/q;;2*+1. The smallest absolute Gasteiger partial charge is 0.508 e. The Labute approximate surface area is 120 Å². The first kappa shape index (κ1) is 17.6. The topological polar surface area (TPSA) is 40.5 Å². The zero-order valence-corrected chi connectivity index (χ0v) is 9.67. The van der Waals surface area contributed by atoms with E-state index in [0.717, 1.165) is 0 Å². The molecule has 2 aromatic carbocycles. The van der Waals surface area contributed by atoms with Gasteiger partial charge in [-0.1, -0.05) is 36.4 Å². The van der Waals surface area contributed by atoms with E-state index in [1.165, 1.54) is 0 Å². The molecule has 2 nitrogen and oxygen atoms in total. The van der Waals surface area contributed by atoms with Gasteiger partial charge in [0.25, 0.3) is 0 Å². The van der Waals surface area contributed by atoms with E-state index in [1.807, 2.05) is 12.1 Å². The average Bonchev–Trinajstić information content (AvgIpc) is 2.21. The minimum Gasteiger partial charge on any atom is -0.508 e. The van der Waals surface area contributed by atoms with E-state index in [-0.39, 0.29) is 37.7 Å². The van der Waals surface area contributed by atoms with E-state index in [4.69, 9.17) is 10.2 Å². The summed E-state index contributed by atoms with van der Waals surface area (Å²) in [7, 11) is 0. The maximum atomic E-state index is 8.63. The third-order valence-electron chi connectivity index (χ3n) is 1.51. The van der Waals surface area contributed by atoms with Crippen molar-refractivity contribution in [1.82, 2.24) is 0 Å². The average molecular weight is 202 g/mol. The van der Waals surface area contributed by atoms with Crippen molar-refractivity contribution in [2.45, 2.75) is 0 Å². The first-order chi connectivity index (χ1) is 6.79. The van der Waals surface area contributed by atoms with Crippen molar-refractivity contribution in [2.24, 2.45) is 0 Å². The molecule has 0 heterocycles. The molecule has 0 aliphatic rings. The third-order valence-corrected chi connectivity index (χ3v) is 1.51. The number of benzene rings is 2. The Hall–Kier alpha value is -0.765. The molecule has 16 heavy (non-hydrogen) atoms. The van der Waals surface area contributed by atoms with Crippen LogP contribution in [0.4, 0.5) is 0 Å². The summed E-state index contributed by atoms with van der Waals surface area (Å²) in [4.78, 5) is 0. The van der Waals surface area contributed by atoms with E-state index in [0.29, 0.717) is 11.5 Å². The first-order valence-electron chi connectivity index (χ1n) is 4.27. The molecule has 0 aliphatic heterocycles. The van der Waals surface area contributed by atoms with Crippen LogP contribution >= 0.6 is 0 Å². The number of hydrogen-bond donors (Lipinski definition) is 2. The number of aromatic hydroxyl groups is 2. The van der Waals surface area contributed by atoms with Gasteiger partial charge in [-0.25, -0.2) is 0 Å².